The Morgan fingerprint density at radius 3 is 2.67 bits per heavy atom. The summed E-state index contributed by atoms with van der Waals surface area (Å²) in [5.74, 6) is 1.13. The fourth-order valence-electron chi connectivity index (χ4n) is 2.37. The lowest BCUT2D eigenvalue weighted by atomic mass is 10.1. The van der Waals surface area contributed by atoms with E-state index in [0.29, 0.717) is 17.2 Å². The maximum Gasteiger partial charge on any atom is 0.237 e. The van der Waals surface area contributed by atoms with Crippen LogP contribution in [0.25, 0.3) is 17.0 Å². The lowest BCUT2D eigenvalue weighted by Gasteiger charge is -2.07. The normalized spacial score (nSPS) is 10.8. The molecule has 0 bridgehead atoms. The van der Waals surface area contributed by atoms with Crippen molar-refractivity contribution < 1.29 is 9.53 Å². The molecule has 0 saturated heterocycles. The van der Waals surface area contributed by atoms with Crippen molar-refractivity contribution in [2.45, 2.75) is 13.8 Å². The molecule has 0 aliphatic rings. The molecule has 0 amide bonds. The van der Waals surface area contributed by atoms with Gasteiger partial charge in [-0.15, -0.1) is 0 Å². The number of aromatic nitrogens is 3. The van der Waals surface area contributed by atoms with Crippen LogP contribution in [0.5, 0.6) is 5.88 Å². The second-order valence-electron chi connectivity index (χ2n) is 4.83. The number of fused-ring (bicyclic) bond motifs is 1. The van der Waals surface area contributed by atoms with Crippen LogP contribution < -0.4 is 4.74 Å². The van der Waals surface area contributed by atoms with E-state index in [1.165, 1.54) is 0 Å². The minimum Gasteiger partial charge on any atom is -0.481 e. The first kappa shape index (κ1) is 13.3. The zero-order chi connectivity index (χ0) is 15.0. The third kappa shape index (κ3) is 2.07. The van der Waals surface area contributed by atoms with Crippen LogP contribution in [0.1, 0.15) is 21.6 Å². The number of benzene rings is 1. The largest absolute Gasteiger partial charge is 0.481 e. The van der Waals surface area contributed by atoms with Crippen LogP contribution in [0.4, 0.5) is 0 Å². The standard InChI is InChI=1S/C16H15N3O2/c1-10-11(2)19-8-14(17-16(19)18-15(10)21-3)13-7-5-4-6-12(13)9-20/h4-9H,1-3H3. The van der Waals surface area contributed by atoms with Gasteiger partial charge in [0.1, 0.15) is 0 Å². The molecule has 0 radical (unpaired) electrons. The Hall–Kier alpha value is -2.69. The highest BCUT2D eigenvalue weighted by Crippen LogP contribution is 2.25. The number of imidazole rings is 1. The molecule has 0 aliphatic heterocycles. The molecule has 21 heavy (non-hydrogen) atoms. The van der Waals surface area contributed by atoms with Gasteiger partial charge in [-0.05, 0) is 13.8 Å². The third-order valence-electron chi connectivity index (χ3n) is 3.67. The Bertz CT molecular complexity index is 837. The van der Waals surface area contributed by atoms with Gasteiger partial charge < -0.3 is 4.74 Å². The Kier molecular flexibility index (Phi) is 3.17. The van der Waals surface area contributed by atoms with Gasteiger partial charge in [-0.2, -0.15) is 4.98 Å². The highest BCUT2D eigenvalue weighted by atomic mass is 16.5. The van der Waals surface area contributed by atoms with Gasteiger partial charge in [0.15, 0.2) is 6.29 Å². The summed E-state index contributed by atoms with van der Waals surface area (Å²) in [7, 11) is 1.59. The summed E-state index contributed by atoms with van der Waals surface area (Å²) in [6, 6.07) is 7.38. The van der Waals surface area contributed by atoms with Gasteiger partial charge in [0.2, 0.25) is 11.7 Å². The van der Waals surface area contributed by atoms with Gasteiger partial charge in [-0.3, -0.25) is 9.20 Å². The summed E-state index contributed by atoms with van der Waals surface area (Å²) in [4.78, 5) is 20.1. The second kappa shape index (κ2) is 5.01. The van der Waals surface area contributed by atoms with Crippen LogP contribution in [0.2, 0.25) is 0 Å². The number of methoxy groups -OCH3 is 1. The lowest BCUT2D eigenvalue weighted by molar-refractivity contribution is 0.112. The van der Waals surface area contributed by atoms with E-state index in [1.807, 2.05) is 42.6 Å². The molecule has 0 N–H and O–H groups in total. The van der Waals surface area contributed by atoms with Crippen LogP contribution in [-0.4, -0.2) is 27.8 Å². The number of hydrogen-bond acceptors (Lipinski definition) is 4. The predicted octanol–water partition coefficient (Wildman–Crippen LogP) is 2.83. The van der Waals surface area contributed by atoms with E-state index in [4.69, 9.17) is 4.74 Å². The molecule has 1 aromatic carbocycles. The Morgan fingerprint density at radius 2 is 1.95 bits per heavy atom. The van der Waals surface area contributed by atoms with Crippen LogP contribution in [-0.2, 0) is 0 Å². The van der Waals surface area contributed by atoms with Crippen molar-refractivity contribution in [3.8, 4) is 17.1 Å². The number of aryl methyl sites for hydroxylation is 1. The lowest BCUT2D eigenvalue weighted by Crippen LogP contribution is -2.00. The van der Waals surface area contributed by atoms with Crippen LogP contribution >= 0.6 is 0 Å². The van der Waals surface area contributed by atoms with Gasteiger partial charge in [-0.25, -0.2) is 4.98 Å². The first-order valence-corrected chi connectivity index (χ1v) is 6.60. The molecular formula is C16H15N3O2. The van der Waals surface area contributed by atoms with Crippen molar-refractivity contribution in [2.75, 3.05) is 7.11 Å². The summed E-state index contributed by atoms with van der Waals surface area (Å²) < 4.78 is 7.18. The minimum atomic E-state index is 0.561. The van der Waals surface area contributed by atoms with E-state index in [2.05, 4.69) is 9.97 Å². The SMILES string of the molecule is COc1nc2nc(-c3ccccc3C=O)cn2c(C)c1C. The summed E-state index contributed by atoms with van der Waals surface area (Å²) in [5, 5.41) is 0. The number of carbonyl (C=O) groups is 1. The fraction of sp³-hybridized carbons (Fsp3) is 0.188. The number of rotatable bonds is 3. The molecule has 0 atom stereocenters. The van der Waals surface area contributed by atoms with Crippen molar-refractivity contribution in [1.82, 2.24) is 14.4 Å². The topological polar surface area (TPSA) is 56.5 Å². The van der Waals surface area contributed by atoms with Gasteiger partial charge in [0.05, 0.1) is 12.8 Å². The third-order valence-corrected chi connectivity index (χ3v) is 3.67. The van der Waals surface area contributed by atoms with Gasteiger partial charge in [0, 0.05) is 28.6 Å². The van der Waals surface area contributed by atoms with Crippen LogP contribution in [0.15, 0.2) is 30.5 Å². The molecule has 5 heteroatoms. The molecule has 3 rings (SSSR count). The molecule has 106 valence electrons. The van der Waals surface area contributed by atoms with Crippen molar-refractivity contribution in [3.05, 3.63) is 47.3 Å². The van der Waals surface area contributed by atoms with Gasteiger partial charge in [-0.1, -0.05) is 24.3 Å². The second-order valence-corrected chi connectivity index (χ2v) is 4.83. The summed E-state index contributed by atoms with van der Waals surface area (Å²) in [6.45, 7) is 3.95. The van der Waals surface area contributed by atoms with E-state index < -0.39 is 0 Å². The molecule has 3 aromatic rings. The van der Waals surface area contributed by atoms with Crippen LogP contribution in [0, 0.1) is 13.8 Å². The molecule has 0 unspecified atom stereocenters. The number of carbonyl (C=O) groups excluding carboxylic acids is 1. The molecule has 0 aliphatic carbocycles. The zero-order valence-electron chi connectivity index (χ0n) is 12.1. The molecule has 0 spiro atoms. The van der Waals surface area contributed by atoms with Crippen molar-refractivity contribution in [3.63, 3.8) is 0 Å². The summed E-state index contributed by atoms with van der Waals surface area (Å²) in [6.07, 6.45) is 2.73. The van der Waals surface area contributed by atoms with E-state index in [9.17, 15) is 4.79 Å². The Labute approximate surface area is 122 Å². The summed E-state index contributed by atoms with van der Waals surface area (Å²) >= 11 is 0. The molecule has 2 aromatic heterocycles. The fourth-order valence-corrected chi connectivity index (χ4v) is 2.37. The number of nitrogens with zero attached hydrogens (tertiary/aromatic N) is 3. The van der Waals surface area contributed by atoms with E-state index in [1.54, 1.807) is 13.2 Å². The Balaban J connectivity index is 2.27. The van der Waals surface area contributed by atoms with Crippen molar-refractivity contribution >= 4 is 12.1 Å². The molecule has 2 heterocycles. The van der Waals surface area contributed by atoms with E-state index in [0.717, 1.165) is 28.8 Å². The zero-order valence-corrected chi connectivity index (χ0v) is 12.1. The number of ether oxygens (including phenoxy) is 1. The Morgan fingerprint density at radius 1 is 1.19 bits per heavy atom. The van der Waals surface area contributed by atoms with E-state index >= 15 is 0 Å². The average Bonchev–Trinajstić information content (AvgIpc) is 2.94. The van der Waals surface area contributed by atoms with Gasteiger partial charge >= 0.3 is 0 Å². The smallest absolute Gasteiger partial charge is 0.237 e. The first-order chi connectivity index (χ1) is 10.2. The van der Waals surface area contributed by atoms with Crippen LogP contribution in [0.3, 0.4) is 0 Å². The monoisotopic (exact) mass is 281 g/mol. The quantitative estimate of drug-likeness (QED) is 0.693. The average molecular weight is 281 g/mol. The molecule has 5 nitrogen and oxygen atoms in total. The predicted molar refractivity (Wildman–Crippen MR) is 79.8 cm³/mol. The highest BCUT2D eigenvalue weighted by Gasteiger charge is 2.14. The van der Waals surface area contributed by atoms with E-state index in [-0.39, 0.29) is 0 Å². The molecule has 0 saturated carbocycles. The number of hydrogen-bond donors (Lipinski definition) is 0. The van der Waals surface area contributed by atoms with Gasteiger partial charge in [0.25, 0.3) is 0 Å². The minimum absolute atomic E-state index is 0.561. The highest BCUT2D eigenvalue weighted by molar-refractivity contribution is 5.86. The molecular weight excluding hydrogens is 266 g/mol. The maximum absolute atomic E-state index is 11.2. The number of aldehydes is 1. The first-order valence-electron chi connectivity index (χ1n) is 6.60. The van der Waals surface area contributed by atoms with Crippen molar-refractivity contribution in [1.29, 1.82) is 0 Å². The summed E-state index contributed by atoms with van der Waals surface area (Å²) in [5.41, 5.74) is 4.12. The van der Waals surface area contributed by atoms with Crippen molar-refractivity contribution in [2.24, 2.45) is 0 Å². The maximum atomic E-state index is 11.2. The molecule has 0 fully saturated rings.